The highest BCUT2D eigenvalue weighted by molar-refractivity contribution is 4.78. The van der Waals surface area contributed by atoms with Crippen molar-refractivity contribution in [1.82, 2.24) is 0 Å². The highest BCUT2D eigenvalue weighted by Crippen LogP contribution is 2.37. The molecule has 0 aromatic heterocycles. The molecule has 0 amide bonds. The Morgan fingerprint density at radius 2 is 1.25 bits per heavy atom. The lowest BCUT2D eigenvalue weighted by Crippen LogP contribution is -2.27. The minimum atomic E-state index is 0.904. The number of hydrogen-bond donors (Lipinski definition) is 0. The van der Waals surface area contributed by atoms with Crippen molar-refractivity contribution in [2.75, 3.05) is 0 Å². The second-order valence-electron chi connectivity index (χ2n) is 5.49. The Hall–Kier alpha value is 0. The van der Waals surface area contributed by atoms with E-state index in [1.807, 2.05) is 0 Å². The summed E-state index contributed by atoms with van der Waals surface area (Å²) in [5.41, 5.74) is 0. The van der Waals surface area contributed by atoms with Gasteiger partial charge in [0, 0.05) is 0 Å². The van der Waals surface area contributed by atoms with E-state index in [4.69, 9.17) is 0 Å². The second kappa shape index (κ2) is 9.07. The highest BCUT2D eigenvalue weighted by Gasteiger charge is 2.28. The molecule has 0 nitrogen and oxygen atoms in total. The molecule has 0 fully saturated rings. The molecule has 0 bridgehead atoms. The van der Waals surface area contributed by atoms with E-state index in [0.29, 0.717) is 0 Å². The van der Waals surface area contributed by atoms with Crippen LogP contribution in [-0.4, -0.2) is 0 Å². The van der Waals surface area contributed by atoms with Crippen LogP contribution in [0.1, 0.15) is 80.1 Å². The lowest BCUT2D eigenvalue weighted by molar-refractivity contribution is 0.143. The summed E-state index contributed by atoms with van der Waals surface area (Å²) < 4.78 is 0. The zero-order valence-electron chi connectivity index (χ0n) is 12.6. The van der Waals surface area contributed by atoms with Crippen LogP contribution < -0.4 is 0 Å². The summed E-state index contributed by atoms with van der Waals surface area (Å²) >= 11 is 0. The third kappa shape index (κ3) is 4.47. The number of hydrogen-bond acceptors (Lipinski definition) is 0. The Bertz CT molecular complexity index is 150. The Morgan fingerprint density at radius 1 is 0.688 bits per heavy atom. The molecule has 0 rings (SSSR count). The van der Waals surface area contributed by atoms with Gasteiger partial charge >= 0.3 is 0 Å². The smallest absolute Gasteiger partial charge is 0.0358 e. The Kier molecular flexibility index (Phi) is 9.07. The Labute approximate surface area is 104 Å². The Morgan fingerprint density at radius 3 is 1.56 bits per heavy atom. The van der Waals surface area contributed by atoms with Gasteiger partial charge in [0.2, 0.25) is 0 Å². The van der Waals surface area contributed by atoms with Gasteiger partial charge in [-0.15, -0.1) is 0 Å². The lowest BCUT2D eigenvalue weighted by atomic mass is 9.70. The fourth-order valence-electron chi connectivity index (χ4n) is 3.51. The van der Waals surface area contributed by atoms with Crippen molar-refractivity contribution in [2.24, 2.45) is 23.7 Å². The van der Waals surface area contributed by atoms with Crippen LogP contribution in [0.3, 0.4) is 0 Å². The summed E-state index contributed by atoms with van der Waals surface area (Å²) in [5.74, 6) is 3.78. The SMILES string of the molecule is CCCC(CC)C(CC)C(CC)C(C)CC. The van der Waals surface area contributed by atoms with Gasteiger partial charge in [0.05, 0.1) is 0 Å². The third-order valence-electron chi connectivity index (χ3n) is 4.66. The van der Waals surface area contributed by atoms with E-state index in [1.165, 1.54) is 38.5 Å². The molecule has 0 aromatic carbocycles. The summed E-state index contributed by atoms with van der Waals surface area (Å²) in [4.78, 5) is 0. The minimum absolute atomic E-state index is 0.904. The average molecular weight is 226 g/mol. The monoisotopic (exact) mass is 226 g/mol. The van der Waals surface area contributed by atoms with E-state index in [-0.39, 0.29) is 0 Å². The van der Waals surface area contributed by atoms with Gasteiger partial charge in [-0.25, -0.2) is 0 Å². The number of rotatable bonds is 9. The van der Waals surface area contributed by atoms with Crippen LogP contribution in [0.25, 0.3) is 0 Å². The van der Waals surface area contributed by atoms with Crippen molar-refractivity contribution in [2.45, 2.75) is 80.1 Å². The van der Waals surface area contributed by atoms with Crippen LogP contribution in [0.5, 0.6) is 0 Å². The highest BCUT2D eigenvalue weighted by atomic mass is 14.3. The fraction of sp³-hybridized carbons (Fsp3) is 1.00. The zero-order valence-corrected chi connectivity index (χ0v) is 12.6. The molecule has 0 heteroatoms. The first kappa shape index (κ1) is 16.0. The molecule has 0 aliphatic carbocycles. The van der Waals surface area contributed by atoms with E-state index >= 15 is 0 Å². The molecule has 0 spiro atoms. The molecule has 98 valence electrons. The zero-order chi connectivity index (χ0) is 12.6. The van der Waals surface area contributed by atoms with Crippen LogP contribution >= 0.6 is 0 Å². The summed E-state index contributed by atoms with van der Waals surface area (Å²) in [6, 6.07) is 0. The van der Waals surface area contributed by atoms with Gasteiger partial charge in [0.15, 0.2) is 0 Å². The van der Waals surface area contributed by atoms with Gasteiger partial charge in [-0.1, -0.05) is 80.1 Å². The molecule has 0 aromatic rings. The van der Waals surface area contributed by atoms with Crippen LogP contribution in [0.15, 0.2) is 0 Å². The molecule has 4 unspecified atom stereocenters. The predicted octanol–water partition coefficient (Wildman–Crippen LogP) is 5.91. The first-order valence-corrected chi connectivity index (χ1v) is 7.65. The normalized spacial score (nSPS) is 19.1. The van der Waals surface area contributed by atoms with Crippen LogP contribution in [0.4, 0.5) is 0 Å². The summed E-state index contributed by atoms with van der Waals surface area (Å²) in [6.45, 7) is 14.3. The van der Waals surface area contributed by atoms with Gasteiger partial charge in [0.1, 0.15) is 0 Å². The Balaban J connectivity index is 4.62. The van der Waals surface area contributed by atoms with Crippen molar-refractivity contribution in [1.29, 1.82) is 0 Å². The van der Waals surface area contributed by atoms with Gasteiger partial charge in [0.25, 0.3) is 0 Å². The van der Waals surface area contributed by atoms with Crippen LogP contribution in [0, 0.1) is 23.7 Å². The quantitative estimate of drug-likeness (QED) is 0.458. The molecule has 0 saturated carbocycles. The first-order chi connectivity index (χ1) is 7.65. The summed E-state index contributed by atoms with van der Waals surface area (Å²) in [6.07, 6.45) is 8.25. The minimum Gasteiger partial charge on any atom is -0.0654 e. The lowest BCUT2D eigenvalue weighted by Gasteiger charge is -2.35. The van der Waals surface area contributed by atoms with Crippen molar-refractivity contribution in [3.05, 3.63) is 0 Å². The molecule has 16 heavy (non-hydrogen) atoms. The molecule has 0 aliphatic heterocycles. The molecule has 0 N–H and O–H groups in total. The molecule has 0 heterocycles. The maximum absolute atomic E-state index is 2.45. The average Bonchev–Trinajstić information content (AvgIpc) is 2.32. The molecule has 0 radical (unpaired) electrons. The molecule has 0 aliphatic rings. The fourth-order valence-corrected chi connectivity index (χ4v) is 3.51. The molecular weight excluding hydrogens is 192 g/mol. The van der Waals surface area contributed by atoms with Crippen molar-refractivity contribution >= 4 is 0 Å². The summed E-state index contributed by atoms with van der Waals surface area (Å²) in [5, 5.41) is 0. The van der Waals surface area contributed by atoms with Crippen molar-refractivity contribution < 1.29 is 0 Å². The molecule has 4 atom stereocenters. The third-order valence-corrected chi connectivity index (χ3v) is 4.66. The van der Waals surface area contributed by atoms with E-state index in [2.05, 4.69) is 41.5 Å². The van der Waals surface area contributed by atoms with Gasteiger partial charge in [-0.05, 0) is 23.7 Å². The predicted molar refractivity (Wildman–Crippen MR) is 75.7 cm³/mol. The molecular formula is C16H34. The standard InChI is InChI=1S/C16H34/c1-7-12-14(9-3)16(11-5)15(10-4)13(6)8-2/h13-16H,7-12H2,1-6H3. The molecule has 0 saturated heterocycles. The second-order valence-corrected chi connectivity index (χ2v) is 5.49. The van der Waals surface area contributed by atoms with Gasteiger partial charge < -0.3 is 0 Å². The maximum atomic E-state index is 2.45. The van der Waals surface area contributed by atoms with E-state index in [1.54, 1.807) is 0 Å². The van der Waals surface area contributed by atoms with E-state index in [9.17, 15) is 0 Å². The van der Waals surface area contributed by atoms with Crippen LogP contribution in [-0.2, 0) is 0 Å². The van der Waals surface area contributed by atoms with E-state index < -0.39 is 0 Å². The van der Waals surface area contributed by atoms with E-state index in [0.717, 1.165) is 23.7 Å². The largest absolute Gasteiger partial charge is 0.0654 e. The topological polar surface area (TPSA) is 0 Å². The van der Waals surface area contributed by atoms with Gasteiger partial charge in [-0.3, -0.25) is 0 Å². The first-order valence-electron chi connectivity index (χ1n) is 7.65. The van der Waals surface area contributed by atoms with Crippen molar-refractivity contribution in [3.63, 3.8) is 0 Å². The van der Waals surface area contributed by atoms with Gasteiger partial charge in [-0.2, -0.15) is 0 Å². The summed E-state index contributed by atoms with van der Waals surface area (Å²) in [7, 11) is 0. The van der Waals surface area contributed by atoms with Crippen molar-refractivity contribution in [3.8, 4) is 0 Å². The maximum Gasteiger partial charge on any atom is -0.0358 e. The van der Waals surface area contributed by atoms with Crippen LogP contribution in [0.2, 0.25) is 0 Å².